The second-order valence-electron chi connectivity index (χ2n) is 8.10. The summed E-state index contributed by atoms with van der Waals surface area (Å²) in [6.45, 7) is 10.7. The number of rotatable bonds is 5. The summed E-state index contributed by atoms with van der Waals surface area (Å²) < 4.78 is 19.3. The number of piperidine rings is 1. The van der Waals surface area contributed by atoms with E-state index in [9.17, 15) is 9.18 Å². The maximum absolute atomic E-state index is 13.8. The zero-order valence-corrected chi connectivity index (χ0v) is 17.4. The van der Waals surface area contributed by atoms with E-state index in [4.69, 9.17) is 4.74 Å². The molecule has 0 aromatic heterocycles. The van der Waals surface area contributed by atoms with Crippen molar-refractivity contribution in [3.63, 3.8) is 0 Å². The van der Waals surface area contributed by atoms with Gasteiger partial charge in [-0.25, -0.2) is 14.2 Å². The molecule has 7 heteroatoms. The van der Waals surface area contributed by atoms with Crippen LogP contribution in [0.1, 0.15) is 46.1 Å². The number of aliphatic imine (C=N–C) groups is 1. The molecule has 1 amide bonds. The maximum Gasteiger partial charge on any atom is 0.410 e. The smallest absolute Gasteiger partial charge is 0.410 e. The summed E-state index contributed by atoms with van der Waals surface area (Å²) in [5.41, 5.74) is 0.0772. The number of amides is 1. The zero-order chi connectivity index (χ0) is 20.6. The fourth-order valence-corrected chi connectivity index (χ4v) is 3.10. The van der Waals surface area contributed by atoms with Gasteiger partial charge in [-0.3, -0.25) is 0 Å². The summed E-state index contributed by atoms with van der Waals surface area (Å²) in [6, 6.07) is 6.66. The van der Waals surface area contributed by atoms with Crippen molar-refractivity contribution in [1.29, 1.82) is 0 Å². The standard InChI is InChI=1S/C21H33FN4O2/c1-5-23-19(25-14-17-10-6-7-11-18(17)22)24-13-16-9-8-12-26(15-16)20(27)28-21(2,3)4/h6-7,10-11,16H,5,8-9,12-15H2,1-4H3,(H2,23,24,25). The molecular formula is C21H33FN4O2. The van der Waals surface area contributed by atoms with Crippen LogP contribution in [-0.4, -0.2) is 48.7 Å². The second-order valence-corrected chi connectivity index (χ2v) is 8.10. The van der Waals surface area contributed by atoms with Gasteiger partial charge >= 0.3 is 6.09 Å². The molecule has 156 valence electrons. The van der Waals surface area contributed by atoms with Crippen LogP contribution in [0.5, 0.6) is 0 Å². The molecule has 1 unspecified atom stereocenters. The number of hydrogen-bond donors (Lipinski definition) is 2. The lowest BCUT2D eigenvalue weighted by Crippen LogP contribution is -2.47. The summed E-state index contributed by atoms with van der Waals surface area (Å²) in [7, 11) is 0. The maximum atomic E-state index is 13.8. The highest BCUT2D eigenvalue weighted by atomic mass is 19.1. The Balaban J connectivity index is 1.89. The van der Waals surface area contributed by atoms with Crippen LogP contribution in [0, 0.1) is 11.7 Å². The Morgan fingerprint density at radius 3 is 2.75 bits per heavy atom. The van der Waals surface area contributed by atoms with Gasteiger partial charge in [-0.2, -0.15) is 0 Å². The minimum Gasteiger partial charge on any atom is -0.444 e. The van der Waals surface area contributed by atoms with Crippen molar-refractivity contribution in [2.75, 3.05) is 26.2 Å². The van der Waals surface area contributed by atoms with Crippen LogP contribution < -0.4 is 10.6 Å². The third-order valence-corrected chi connectivity index (χ3v) is 4.44. The van der Waals surface area contributed by atoms with Crippen molar-refractivity contribution in [2.45, 2.75) is 52.7 Å². The van der Waals surface area contributed by atoms with Crippen LogP contribution in [0.25, 0.3) is 0 Å². The van der Waals surface area contributed by atoms with Crippen LogP contribution in [0.15, 0.2) is 29.3 Å². The average Bonchev–Trinajstić information content (AvgIpc) is 2.64. The van der Waals surface area contributed by atoms with E-state index in [-0.39, 0.29) is 18.5 Å². The number of nitrogens with zero attached hydrogens (tertiary/aromatic N) is 2. The predicted octanol–water partition coefficient (Wildman–Crippen LogP) is 3.53. The van der Waals surface area contributed by atoms with Crippen LogP contribution in [0.2, 0.25) is 0 Å². The monoisotopic (exact) mass is 392 g/mol. The second kappa shape index (κ2) is 10.3. The number of ether oxygens (including phenoxy) is 1. The molecule has 0 radical (unpaired) electrons. The normalized spacial score (nSPS) is 18.0. The number of hydrogen-bond acceptors (Lipinski definition) is 3. The van der Waals surface area contributed by atoms with Gasteiger partial charge in [0.1, 0.15) is 11.4 Å². The highest BCUT2D eigenvalue weighted by Crippen LogP contribution is 2.19. The van der Waals surface area contributed by atoms with Crippen molar-refractivity contribution >= 4 is 12.1 Å². The van der Waals surface area contributed by atoms with Gasteiger partial charge in [0, 0.05) is 31.7 Å². The van der Waals surface area contributed by atoms with Gasteiger partial charge in [-0.1, -0.05) is 18.2 Å². The molecule has 6 nitrogen and oxygen atoms in total. The quantitative estimate of drug-likeness (QED) is 0.594. The Hall–Kier alpha value is -2.31. The summed E-state index contributed by atoms with van der Waals surface area (Å²) in [5.74, 6) is 0.723. The van der Waals surface area contributed by atoms with Crippen molar-refractivity contribution in [1.82, 2.24) is 15.5 Å². The molecule has 1 aliphatic rings. The number of likely N-dealkylation sites (tertiary alicyclic amines) is 1. The topological polar surface area (TPSA) is 66.0 Å². The lowest BCUT2D eigenvalue weighted by atomic mass is 9.98. The number of nitrogens with one attached hydrogen (secondary N) is 2. The summed E-state index contributed by atoms with van der Waals surface area (Å²) in [4.78, 5) is 18.6. The SMILES string of the molecule is CCNC(=NCc1ccccc1F)NCC1CCCN(C(=O)OC(C)(C)C)C1. The first-order chi connectivity index (χ1) is 13.3. The third-order valence-electron chi connectivity index (χ3n) is 4.44. The van der Waals surface area contributed by atoms with Gasteiger partial charge < -0.3 is 20.3 Å². The molecule has 0 aliphatic carbocycles. The number of carbonyl (C=O) groups excluding carboxylic acids is 1. The van der Waals surface area contributed by atoms with Gasteiger partial charge in [0.15, 0.2) is 5.96 Å². The van der Waals surface area contributed by atoms with Crippen LogP contribution in [0.4, 0.5) is 9.18 Å². The summed E-state index contributed by atoms with van der Waals surface area (Å²) in [6.07, 6.45) is 1.74. The van der Waals surface area contributed by atoms with Gasteiger partial charge in [0.2, 0.25) is 0 Å². The minimum atomic E-state index is -0.486. The Morgan fingerprint density at radius 2 is 2.07 bits per heavy atom. The van der Waals surface area contributed by atoms with E-state index in [1.54, 1.807) is 17.0 Å². The van der Waals surface area contributed by atoms with Crippen molar-refractivity contribution < 1.29 is 13.9 Å². The van der Waals surface area contributed by atoms with E-state index >= 15 is 0 Å². The molecule has 1 fully saturated rings. The molecule has 0 spiro atoms. The van der Waals surface area contributed by atoms with E-state index in [0.29, 0.717) is 30.5 Å². The summed E-state index contributed by atoms with van der Waals surface area (Å²) >= 11 is 0. The molecule has 1 aromatic carbocycles. The molecule has 0 bridgehead atoms. The van der Waals surface area contributed by atoms with E-state index in [0.717, 1.165) is 25.9 Å². The van der Waals surface area contributed by atoms with E-state index in [2.05, 4.69) is 15.6 Å². The Kier molecular flexibility index (Phi) is 8.08. The number of halogens is 1. The largest absolute Gasteiger partial charge is 0.444 e. The summed E-state index contributed by atoms with van der Waals surface area (Å²) in [5, 5.41) is 6.51. The molecule has 1 aromatic rings. The van der Waals surface area contributed by atoms with Crippen LogP contribution >= 0.6 is 0 Å². The molecule has 1 heterocycles. The number of carbonyl (C=O) groups is 1. The third kappa shape index (κ3) is 7.37. The molecule has 2 rings (SSSR count). The van der Waals surface area contributed by atoms with Crippen molar-refractivity contribution in [3.05, 3.63) is 35.6 Å². The first-order valence-electron chi connectivity index (χ1n) is 10.0. The Labute approximate surface area is 167 Å². The minimum absolute atomic E-state index is 0.248. The molecule has 28 heavy (non-hydrogen) atoms. The van der Waals surface area contributed by atoms with E-state index < -0.39 is 5.60 Å². The van der Waals surface area contributed by atoms with Gasteiger partial charge in [0.25, 0.3) is 0 Å². The highest BCUT2D eigenvalue weighted by Gasteiger charge is 2.27. The van der Waals surface area contributed by atoms with Gasteiger partial charge in [-0.15, -0.1) is 0 Å². The Morgan fingerprint density at radius 1 is 1.32 bits per heavy atom. The van der Waals surface area contributed by atoms with Crippen molar-refractivity contribution in [2.24, 2.45) is 10.9 Å². The molecular weight excluding hydrogens is 359 g/mol. The zero-order valence-electron chi connectivity index (χ0n) is 17.4. The fraction of sp³-hybridized carbons (Fsp3) is 0.619. The van der Waals surface area contributed by atoms with Crippen LogP contribution in [-0.2, 0) is 11.3 Å². The lowest BCUT2D eigenvalue weighted by molar-refractivity contribution is 0.0168. The van der Waals surface area contributed by atoms with E-state index in [1.165, 1.54) is 6.07 Å². The highest BCUT2D eigenvalue weighted by molar-refractivity contribution is 5.79. The Bertz CT molecular complexity index is 673. The molecule has 1 atom stereocenters. The predicted molar refractivity (Wildman–Crippen MR) is 110 cm³/mol. The number of benzene rings is 1. The average molecular weight is 393 g/mol. The lowest BCUT2D eigenvalue weighted by Gasteiger charge is -2.34. The molecule has 0 saturated carbocycles. The van der Waals surface area contributed by atoms with Crippen molar-refractivity contribution in [3.8, 4) is 0 Å². The molecule has 1 aliphatic heterocycles. The van der Waals surface area contributed by atoms with Crippen LogP contribution in [0.3, 0.4) is 0 Å². The van der Waals surface area contributed by atoms with Gasteiger partial charge in [0.05, 0.1) is 6.54 Å². The first-order valence-corrected chi connectivity index (χ1v) is 10.0. The molecule has 1 saturated heterocycles. The fourth-order valence-electron chi connectivity index (χ4n) is 3.10. The van der Waals surface area contributed by atoms with E-state index in [1.807, 2.05) is 33.8 Å². The van der Waals surface area contributed by atoms with Gasteiger partial charge in [-0.05, 0) is 52.5 Å². The number of guanidine groups is 1. The first kappa shape index (κ1) is 22.0. The molecule has 2 N–H and O–H groups in total.